The number of ether oxygens (including phenoxy) is 2. The van der Waals surface area contributed by atoms with Crippen LogP contribution in [0.3, 0.4) is 0 Å². The van der Waals surface area contributed by atoms with Gasteiger partial charge in [-0.15, -0.1) is 0 Å². The quantitative estimate of drug-likeness (QED) is 0.784. The minimum absolute atomic E-state index is 0.0134. The van der Waals surface area contributed by atoms with Crippen molar-refractivity contribution in [1.29, 1.82) is 0 Å². The molecule has 6 nitrogen and oxygen atoms in total. The molecule has 2 amide bonds. The summed E-state index contributed by atoms with van der Waals surface area (Å²) in [6, 6.07) is 4.43. The van der Waals surface area contributed by atoms with Crippen LogP contribution in [0.25, 0.3) is 0 Å². The number of hydrogen-bond donors (Lipinski definition) is 1. The van der Waals surface area contributed by atoms with E-state index < -0.39 is 5.82 Å². The second-order valence-corrected chi connectivity index (χ2v) is 9.10. The van der Waals surface area contributed by atoms with Gasteiger partial charge in [0.2, 0.25) is 0 Å². The first kappa shape index (κ1) is 18.0. The van der Waals surface area contributed by atoms with E-state index in [1.807, 2.05) is 4.90 Å². The van der Waals surface area contributed by atoms with Gasteiger partial charge in [0.15, 0.2) is 6.61 Å². The number of nitrogens with zero attached hydrogens (tertiary/aromatic N) is 1. The summed E-state index contributed by atoms with van der Waals surface area (Å²) < 4.78 is 24.4. The monoisotopic (exact) mass is 408 g/mol. The second kappa shape index (κ2) is 6.24. The highest BCUT2D eigenvalue weighted by molar-refractivity contribution is 6.30. The molecule has 1 aromatic rings. The first-order chi connectivity index (χ1) is 13.4. The van der Waals surface area contributed by atoms with Gasteiger partial charge in [-0.25, -0.2) is 9.18 Å². The predicted octanol–water partition coefficient (Wildman–Crippen LogP) is 3.27. The SMILES string of the molecule is O=C(COc1ccc(Cl)c(F)c1)NC12CC([C@@H]3CN(C4CCC4)C(=O)O3)(C1)C2. The molecule has 8 heteroatoms. The van der Waals surface area contributed by atoms with Gasteiger partial charge in [-0.05, 0) is 50.7 Å². The van der Waals surface area contributed by atoms with Gasteiger partial charge in [-0.2, -0.15) is 0 Å². The van der Waals surface area contributed by atoms with Crippen molar-refractivity contribution in [2.75, 3.05) is 13.2 Å². The Bertz CT molecular complexity index is 824. The van der Waals surface area contributed by atoms with Crippen LogP contribution in [-0.2, 0) is 9.53 Å². The van der Waals surface area contributed by atoms with Crippen molar-refractivity contribution in [2.24, 2.45) is 5.41 Å². The van der Waals surface area contributed by atoms with Crippen molar-refractivity contribution in [3.05, 3.63) is 29.0 Å². The number of hydrogen-bond acceptors (Lipinski definition) is 4. The van der Waals surface area contributed by atoms with Crippen LogP contribution in [-0.4, -0.2) is 47.7 Å². The lowest BCUT2D eigenvalue weighted by molar-refractivity contribution is -0.207. The first-order valence-corrected chi connectivity index (χ1v) is 10.1. The van der Waals surface area contributed by atoms with Crippen molar-refractivity contribution >= 4 is 23.6 Å². The van der Waals surface area contributed by atoms with E-state index in [1.54, 1.807) is 0 Å². The van der Waals surface area contributed by atoms with Gasteiger partial charge in [0.05, 0.1) is 11.6 Å². The van der Waals surface area contributed by atoms with Crippen molar-refractivity contribution in [3.8, 4) is 5.75 Å². The van der Waals surface area contributed by atoms with E-state index in [0.717, 1.165) is 38.2 Å². The molecular weight excluding hydrogens is 387 g/mol. The number of cyclic esters (lactones) is 1. The number of amides is 2. The fourth-order valence-corrected chi connectivity index (χ4v) is 5.30. The third kappa shape index (κ3) is 2.82. The van der Waals surface area contributed by atoms with Gasteiger partial charge in [0.25, 0.3) is 5.91 Å². The molecular formula is C20H22ClFN2O4. The Morgan fingerprint density at radius 3 is 2.75 bits per heavy atom. The second-order valence-electron chi connectivity index (χ2n) is 8.70. The zero-order chi connectivity index (χ0) is 19.5. The lowest BCUT2D eigenvalue weighted by Gasteiger charge is -2.71. The van der Waals surface area contributed by atoms with E-state index >= 15 is 0 Å². The molecule has 2 bridgehead atoms. The fraction of sp³-hybridized carbons (Fsp3) is 0.600. The average molecular weight is 409 g/mol. The topological polar surface area (TPSA) is 67.9 Å². The van der Waals surface area contributed by atoms with Gasteiger partial charge >= 0.3 is 6.09 Å². The lowest BCUT2D eigenvalue weighted by atomic mass is 9.37. The van der Waals surface area contributed by atoms with E-state index in [4.69, 9.17) is 21.1 Å². The summed E-state index contributed by atoms with van der Waals surface area (Å²) in [6.45, 7) is 0.502. The standard InChI is InChI=1S/C20H22ClFN2O4/c21-14-5-4-13(6-15(14)22)27-8-17(25)23-20-9-19(10-20,11-20)16-7-24(18(26)28-16)12-2-1-3-12/h4-6,12,16H,1-3,7-11H2,(H,23,25)/t16-,19?,20?/m0/s1. The van der Waals surface area contributed by atoms with Crippen LogP contribution in [0.5, 0.6) is 5.75 Å². The molecule has 1 saturated heterocycles. The molecule has 0 unspecified atom stereocenters. The summed E-state index contributed by atoms with van der Waals surface area (Å²) in [5, 5.41) is 3.05. The fourth-order valence-electron chi connectivity index (χ4n) is 5.18. The summed E-state index contributed by atoms with van der Waals surface area (Å²) in [6.07, 6.45) is 5.59. The molecule has 0 radical (unpaired) electrons. The molecule has 1 atom stereocenters. The number of carbonyl (C=O) groups is 2. The highest BCUT2D eigenvalue weighted by atomic mass is 35.5. The smallest absolute Gasteiger partial charge is 0.410 e. The largest absolute Gasteiger partial charge is 0.484 e. The third-order valence-electron chi connectivity index (χ3n) is 6.78. The summed E-state index contributed by atoms with van der Waals surface area (Å²) in [5.74, 6) is -0.550. The Kier molecular flexibility index (Phi) is 4.02. The number of nitrogens with one attached hydrogen (secondary N) is 1. The van der Waals surface area contributed by atoms with Gasteiger partial charge in [0, 0.05) is 23.1 Å². The molecule has 1 aliphatic heterocycles. The normalized spacial score (nSPS) is 33.4. The van der Waals surface area contributed by atoms with E-state index in [9.17, 15) is 14.0 Å². The molecule has 0 spiro atoms. The average Bonchev–Trinajstić information content (AvgIpc) is 2.90. The van der Waals surface area contributed by atoms with Gasteiger partial charge in [-0.3, -0.25) is 4.79 Å². The van der Waals surface area contributed by atoms with Crippen molar-refractivity contribution in [3.63, 3.8) is 0 Å². The summed E-state index contributed by atoms with van der Waals surface area (Å²) in [4.78, 5) is 26.2. The predicted molar refractivity (Wildman–Crippen MR) is 98.7 cm³/mol. The molecule has 6 rings (SSSR count). The van der Waals surface area contributed by atoms with Crippen molar-refractivity contribution in [1.82, 2.24) is 10.2 Å². The molecule has 5 fully saturated rings. The van der Waals surface area contributed by atoms with E-state index in [1.165, 1.54) is 18.6 Å². The summed E-state index contributed by atoms with van der Waals surface area (Å²) in [5.41, 5.74) is -0.191. The molecule has 5 aliphatic rings. The molecule has 1 heterocycles. The maximum absolute atomic E-state index is 13.4. The molecule has 4 aliphatic carbocycles. The van der Waals surface area contributed by atoms with E-state index in [-0.39, 0.29) is 46.4 Å². The molecule has 4 saturated carbocycles. The zero-order valence-corrected chi connectivity index (χ0v) is 16.1. The Hall–Kier alpha value is -2.02. The van der Waals surface area contributed by atoms with E-state index in [0.29, 0.717) is 12.6 Å². The molecule has 0 aromatic heterocycles. The summed E-state index contributed by atoms with van der Waals surface area (Å²) >= 11 is 5.63. The molecule has 150 valence electrons. The maximum Gasteiger partial charge on any atom is 0.410 e. The maximum atomic E-state index is 13.4. The Balaban J connectivity index is 1.10. The minimum atomic E-state index is -0.581. The van der Waals surface area contributed by atoms with Crippen LogP contribution in [0, 0.1) is 11.2 Å². The van der Waals surface area contributed by atoms with Crippen LogP contribution in [0.4, 0.5) is 9.18 Å². The Morgan fingerprint density at radius 2 is 2.11 bits per heavy atom. The van der Waals surface area contributed by atoms with Crippen molar-refractivity contribution in [2.45, 2.75) is 56.2 Å². The summed E-state index contributed by atoms with van der Waals surface area (Å²) in [7, 11) is 0. The number of halogens is 2. The molecule has 1 aromatic carbocycles. The Labute approximate surface area is 167 Å². The van der Waals surface area contributed by atoms with Gasteiger partial charge in [0.1, 0.15) is 17.7 Å². The number of benzene rings is 1. The third-order valence-corrected chi connectivity index (χ3v) is 7.08. The minimum Gasteiger partial charge on any atom is -0.484 e. The highest BCUT2D eigenvalue weighted by Gasteiger charge is 2.73. The molecule has 28 heavy (non-hydrogen) atoms. The lowest BCUT2D eigenvalue weighted by Crippen LogP contribution is -2.78. The van der Waals surface area contributed by atoms with Crippen LogP contribution in [0.1, 0.15) is 38.5 Å². The van der Waals surface area contributed by atoms with Crippen LogP contribution in [0.15, 0.2) is 18.2 Å². The van der Waals surface area contributed by atoms with E-state index in [2.05, 4.69) is 5.32 Å². The van der Waals surface area contributed by atoms with Crippen LogP contribution < -0.4 is 10.1 Å². The van der Waals surface area contributed by atoms with Gasteiger partial charge < -0.3 is 19.7 Å². The van der Waals surface area contributed by atoms with Crippen LogP contribution >= 0.6 is 11.6 Å². The first-order valence-electron chi connectivity index (χ1n) is 9.74. The Morgan fingerprint density at radius 1 is 1.36 bits per heavy atom. The number of rotatable bonds is 6. The number of carbonyl (C=O) groups excluding carboxylic acids is 2. The van der Waals surface area contributed by atoms with Crippen LogP contribution in [0.2, 0.25) is 5.02 Å². The van der Waals surface area contributed by atoms with Crippen molar-refractivity contribution < 1.29 is 23.5 Å². The highest BCUT2D eigenvalue weighted by Crippen LogP contribution is 2.70. The molecule has 1 N–H and O–H groups in total. The van der Waals surface area contributed by atoms with Gasteiger partial charge in [-0.1, -0.05) is 11.6 Å². The zero-order valence-electron chi connectivity index (χ0n) is 15.4.